The Morgan fingerprint density at radius 2 is 1.83 bits per heavy atom. The van der Waals surface area contributed by atoms with Crippen molar-refractivity contribution in [2.24, 2.45) is 0 Å². The topological polar surface area (TPSA) is 87.7 Å². The van der Waals surface area contributed by atoms with Crippen LogP contribution in [0.1, 0.15) is 28.8 Å². The Bertz CT molecular complexity index is 1050. The number of aromatic nitrogens is 1. The van der Waals surface area contributed by atoms with Gasteiger partial charge < -0.3 is 9.80 Å². The fourth-order valence-corrected chi connectivity index (χ4v) is 6.18. The zero-order valence-electron chi connectivity index (χ0n) is 15.6. The van der Waals surface area contributed by atoms with Crippen LogP contribution in [0.5, 0.6) is 0 Å². The van der Waals surface area contributed by atoms with Crippen LogP contribution in [0.15, 0.2) is 48.8 Å². The number of hydrogen-bond acceptors (Lipinski definition) is 5. The van der Waals surface area contributed by atoms with E-state index in [1.807, 2.05) is 30.3 Å². The minimum Gasteiger partial charge on any atom is -0.338 e. The number of hydrogen-bond donors (Lipinski definition) is 0. The monoisotopic (exact) mass is 417 g/mol. The van der Waals surface area contributed by atoms with Gasteiger partial charge in [-0.25, -0.2) is 12.8 Å². The highest BCUT2D eigenvalue weighted by Crippen LogP contribution is 2.41. The van der Waals surface area contributed by atoms with Gasteiger partial charge in [0.05, 0.1) is 11.8 Å². The van der Waals surface area contributed by atoms with Crippen LogP contribution in [0.25, 0.3) is 0 Å². The van der Waals surface area contributed by atoms with Crippen LogP contribution < -0.4 is 0 Å². The Balaban J connectivity index is 1.58. The molecule has 0 unspecified atom stereocenters. The molecule has 0 saturated carbocycles. The van der Waals surface area contributed by atoms with Crippen molar-refractivity contribution in [3.8, 4) is 0 Å². The Hall–Kier alpha value is -2.81. The molecular formula is C20H20FN3O4S. The summed E-state index contributed by atoms with van der Waals surface area (Å²) in [6, 6.07) is 10.5. The molecule has 2 saturated heterocycles. The van der Waals surface area contributed by atoms with E-state index in [0.717, 1.165) is 11.8 Å². The summed E-state index contributed by atoms with van der Waals surface area (Å²) in [7, 11) is -3.70. The maximum Gasteiger partial charge on any atom is 0.256 e. The predicted octanol–water partition coefficient (Wildman–Crippen LogP) is 1.61. The minimum atomic E-state index is -3.70. The zero-order valence-corrected chi connectivity index (χ0v) is 16.4. The Morgan fingerprint density at radius 1 is 1.14 bits per heavy atom. The average Bonchev–Trinajstić information content (AvgIpc) is 2.89. The van der Waals surface area contributed by atoms with E-state index in [4.69, 9.17) is 0 Å². The highest BCUT2D eigenvalue weighted by molar-refractivity contribution is 7.93. The van der Waals surface area contributed by atoms with Crippen LogP contribution in [0, 0.1) is 5.82 Å². The molecule has 152 valence electrons. The van der Waals surface area contributed by atoms with E-state index in [-0.39, 0.29) is 38.0 Å². The molecule has 2 aliphatic heterocycles. The normalized spacial score (nSPS) is 20.2. The second kappa shape index (κ2) is 7.22. The van der Waals surface area contributed by atoms with Crippen LogP contribution in [-0.2, 0) is 21.2 Å². The molecule has 7 nitrogen and oxygen atoms in total. The van der Waals surface area contributed by atoms with Crippen molar-refractivity contribution in [1.29, 1.82) is 0 Å². The van der Waals surface area contributed by atoms with Crippen LogP contribution in [0.2, 0.25) is 0 Å². The number of nitrogens with zero attached hydrogens (tertiary/aromatic N) is 3. The fraction of sp³-hybridized carbons (Fsp3) is 0.350. The van der Waals surface area contributed by atoms with Gasteiger partial charge in [0.15, 0.2) is 15.7 Å². The van der Waals surface area contributed by atoms with Crippen molar-refractivity contribution in [3.05, 3.63) is 65.7 Å². The molecule has 4 rings (SSSR count). The number of piperidine rings is 1. The third-order valence-corrected chi connectivity index (χ3v) is 8.12. The molecule has 1 aromatic carbocycles. The van der Waals surface area contributed by atoms with Gasteiger partial charge in [-0.15, -0.1) is 0 Å². The number of pyridine rings is 1. The maximum absolute atomic E-state index is 13.9. The van der Waals surface area contributed by atoms with Gasteiger partial charge in [0.1, 0.15) is 10.6 Å². The molecule has 9 heteroatoms. The first-order chi connectivity index (χ1) is 13.8. The Kier molecular flexibility index (Phi) is 4.85. The molecule has 0 aliphatic carbocycles. The van der Waals surface area contributed by atoms with Crippen molar-refractivity contribution in [2.75, 3.05) is 18.8 Å². The molecule has 0 bridgehead atoms. The van der Waals surface area contributed by atoms with Crippen molar-refractivity contribution >= 4 is 21.7 Å². The molecule has 0 radical (unpaired) electrons. The van der Waals surface area contributed by atoms with E-state index < -0.39 is 38.1 Å². The summed E-state index contributed by atoms with van der Waals surface area (Å²) in [5, 5.41) is 0. The number of rotatable bonds is 3. The average molecular weight is 417 g/mol. The number of sulfone groups is 1. The molecule has 1 spiro atoms. The molecule has 0 atom stereocenters. The second-order valence-electron chi connectivity index (χ2n) is 7.32. The largest absolute Gasteiger partial charge is 0.338 e. The standard InChI is InChI=1S/C20H20FN3O4S/c21-17-12-22-9-6-16(17)19(26)23-10-7-20(8-11-23)24(18(25)14-29(20,27)28)13-15-4-2-1-3-5-15/h1-6,9,12H,7-8,10-11,13-14H2. The second-order valence-corrected chi connectivity index (χ2v) is 9.60. The SMILES string of the molecule is O=C(c1ccncc1F)N1CCC2(CC1)N(Cc1ccccc1)C(=O)CS2(=O)=O. The number of carbonyl (C=O) groups excluding carboxylic acids is 2. The number of likely N-dealkylation sites (tertiary alicyclic amines) is 1. The molecule has 3 heterocycles. The van der Waals surface area contributed by atoms with Crippen molar-refractivity contribution in [1.82, 2.24) is 14.8 Å². The van der Waals surface area contributed by atoms with E-state index in [1.165, 1.54) is 22.1 Å². The number of amides is 2. The first-order valence-electron chi connectivity index (χ1n) is 9.29. The van der Waals surface area contributed by atoms with E-state index in [9.17, 15) is 22.4 Å². The molecule has 2 aromatic rings. The molecule has 29 heavy (non-hydrogen) atoms. The van der Waals surface area contributed by atoms with Crippen LogP contribution in [0.3, 0.4) is 0 Å². The van der Waals surface area contributed by atoms with Gasteiger partial charge in [0.2, 0.25) is 5.91 Å². The van der Waals surface area contributed by atoms with Crippen LogP contribution in [0.4, 0.5) is 4.39 Å². The molecule has 1 aromatic heterocycles. The number of halogens is 1. The summed E-state index contributed by atoms with van der Waals surface area (Å²) in [5.41, 5.74) is 0.747. The van der Waals surface area contributed by atoms with Gasteiger partial charge in [0.25, 0.3) is 5.91 Å². The molecule has 2 aliphatic rings. The lowest BCUT2D eigenvalue weighted by Crippen LogP contribution is -2.56. The van der Waals surface area contributed by atoms with E-state index in [0.29, 0.717) is 0 Å². The first-order valence-corrected chi connectivity index (χ1v) is 10.9. The van der Waals surface area contributed by atoms with E-state index in [1.54, 1.807) is 0 Å². The quantitative estimate of drug-likeness (QED) is 0.757. The summed E-state index contributed by atoms with van der Waals surface area (Å²) in [6.07, 6.45) is 2.52. The Morgan fingerprint density at radius 3 is 2.48 bits per heavy atom. The number of carbonyl (C=O) groups is 2. The minimum absolute atomic E-state index is 0.0950. The van der Waals surface area contributed by atoms with Crippen LogP contribution in [-0.4, -0.2) is 58.7 Å². The van der Waals surface area contributed by atoms with Gasteiger partial charge in [0, 0.05) is 38.7 Å². The summed E-state index contributed by atoms with van der Waals surface area (Å²) >= 11 is 0. The summed E-state index contributed by atoms with van der Waals surface area (Å²) in [6.45, 7) is 0.447. The van der Waals surface area contributed by atoms with Gasteiger partial charge in [-0.05, 0) is 11.6 Å². The maximum atomic E-state index is 13.9. The molecule has 0 N–H and O–H groups in total. The smallest absolute Gasteiger partial charge is 0.256 e. The number of benzene rings is 1. The van der Waals surface area contributed by atoms with Crippen molar-refractivity contribution in [3.63, 3.8) is 0 Å². The van der Waals surface area contributed by atoms with Crippen LogP contribution >= 0.6 is 0 Å². The van der Waals surface area contributed by atoms with Gasteiger partial charge in [-0.2, -0.15) is 0 Å². The van der Waals surface area contributed by atoms with E-state index in [2.05, 4.69) is 4.98 Å². The third kappa shape index (κ3) is 3.29. The Labute approximate surface area is 168 Å². The van der Waals surface area contributed by atoms with Crippen molar-refractivity contribution < 1.29 is 22.4 Å². The lowest BCUT2D eigenvalue weighted by molar-refractivity contribution is -0.131. The van der Waals surface area contributed by atoms with Gasteiger partial charge in [-0.3, -0.25) is 14.6 Å². The lowest BCUT2D eigenvalue weighted by Gasteiger charge is -2.43. The molecular weight excluding hydrogens is 397 g/mol. The zero-order chi connectivity index (χ0) is 20.6. The molecule has 2 amide bonds. The summed E-state index contributed by atoms with van der Waals surface area (Å²) < 4.78 is 39.7. The van der Waals surface area contributed by atoms with E-state index >= 15 is 0 Å². The predicted molar refractivity (Wildman–Crippen MR) is 103 cm³/mol. The fourth-order valence-electron chi connectivity index (χ4n) is 4.13. The third-order valence-electron chi connectivity index (χ3n) is 5.70. The van der Waals surface area contributed by atoms with Gasteiger partial charge in [-0.1, -0.05) is 30.3 Å². The highest BCUT2D eigenvalue weighted by atomic mass is 32.2. The van der Waals surface area contributed by atoms with Gasteiger partial charge >= 0.3 is 0 Å². The molecule has 2 fully saturated rings. The summed E-state index contributed by atoms with van der Waals surface area (Å²) in [4.78, 5) is 30.4. The lowest BCUT2D eigenvalue weighted by atomic mass is 10.00. The summed E-state index contributed by atoms with van der Waals surface area (Å²) in [5.74, 6) is -2.16. The van der Waals surface area contributed by atoms with Crippen molar-refractivity contribution in [2.45, 2.75) is 24.3 Å². The first kappa shape index (κ1) is 19.5. The highest BCUT2D eigenvalue weighted by Gasteiger charge is 2.58.